The van der Waals surface area contributed by atoms with Crippen molar-refractivity contribution >= 4 is 0 Å². The molecule has 1 aliphatic heterocycles. The van der Waals surface area contributed by atoms with Crippen molar-refractivity contribution in [2.24, 2.45) is 12.5 Å². The van der Waals surface area contributed by atoms with Crippen LogP contribution in [0.3, 0.4) is 0 Å². The van der Waals surface area contributed by atoms with Crippen LogP contribution >= 0.6 is 0 Å². The predicted molar refractivity (Wildman–Crippen MR) is 77.2 cm³/mol. The summed E-state index contributed by atoms with van der Waals surface area (Å²) < 4.78 is 7.64. The monoisotopic (exact) mass is 265 g/mol. The smallest absolute Gasteiger partial charge is 0.0535 e. The summed E-state index contributed by atoms with van der Waals surface area (Å²) in [6.45, 7) is 9.48. The summed E-state index contributed by atoms with van der Waals surface area (Å²) in [4.78, 5) is 0. The van der Waals surface area contributed by atoms with Crippen LogP contribution in [0.2, 0.25) is 0 Å². The van der Waals surface area contributed by atoms with E-state index in [0.29, 0.717) is 0 Å². The summed E-state index contributed by atoms with van der Waals surface area (Å²) >= 11 is 0. The van der Waals surface area contributed by atoms with Crippen LogP contribution in [0.15, 0.2) is 12.3 Å². The molecule has 0 amide bonds. The van der Waals surface area contributed by atoms with E-state index in [-0.39, 0.29) is 11.0 Å². The van der Waals surface area contributed by atoms with Crippen molar-refractivity contribution in [1.29, 1.82) is 0 Å². The molecular formula is C15H27N3O. The molecule has 1 atom stereocenters. The van der Waals surface area contributed by atoms with Crippen molar-refractivity contribution < 1.29 is 4.74 Å². The van der Waals surface area contributed by atoms with Gasteiger partial charge in [-0.3, -0.25) is 4.68 Å². The average Bonchev–Trinajstić information content (AvgIpc) is 2.93. The lowest BCUT2D eigenvalue weighted by molar-refractivity contribution is 0.138. The lowest BCUT2D eigenvalue weighted by Gasteiger charge is -2.32. The SMILES string of the molecule is Cn1nccc1CCC1(CNC(C)(C)C)CCOC1. The zero-order valence-electron chi connectivity index (χ0n) is 12.7. The van der Waals surface area contributed by atoms with Gasteiger partial charge in [-0.2, -0.15) is 5.10 Å². The first-order valence-electron chi connectivity index (χ1n) is 7.20. The van der Waals surface area contributed by atoms with Gasteiger partial charge in [0.2, 0.25) is 0 Å². The van der Waals surface area contributed by atoms with Gasteiger partial charge in [0.1, 0.15) is 0 Å². The van der Waals surface area contributed by atoms with E-state index < -0.39 is 0 Å². The Morgan fingerprint density at radius 3 is 2.79 bits per heavy atom. The number of hydrogen-bond donors (Lipinski definition) is 1. The molecule has 4 heteroatoms. The molecule has 1 aromatic heterocycles. The van der Waals surface area contributed by atoms with Gasteiger partial charge in [-0.1, -0.05) is 0 Å². The molecule has 19 heavy (non-hydrogen) atoms. The standard InChI is InChI=1S/C15H27N3O/c1-14(2,3)16-11-15(8-10-19-12-15)7-5-13-6-9-17-18(13)4/h6,9,16H,5,7-8,10-12H2,1-4H3. The third-order valence-electron chi connectivity index (χ3n) is 4.01. The quantitative estimate of drug-likeness (QED) is 0.886. The second kappa shape index (κ2) is 5.63. The van der Waals surface area contributed by atoms with Crippen LogP contribution in [0.4, 0.5) is 0 Å². The number of rotatable bonds is 5. The van der Waals surface area contributed by atoms with E-state index in [1.165, 1.54) is 5.69 Å². The fourth-order valence-corrected chi connectivity index (χ4v) is 2.57. The number of ether oxygens (including phenoxy) is 1. The predicted octanol–water partition coefficient (Wildman–Crippen LogP) is 2.15. The summed E-state index contributed by atoms with van der Waals surface area (Å²) in [7, 11) is 2.01. The number of aryl methyl sites for hydroxylation is 2. The largest absolute Gasteiger partial charge is 0.381 e. The zero-order valence-corrected chi connectivity index (χ0v) is 12.7. The van der Waals surface area contributed by atoms with Crippen LogP contribution in [0.1, 0.15) is 39.3 Å². The molecule has 0 saturated carbocycles. The van der Waals surface area contributed by atoms with Gasteiger partial charge in [0.05, 0.1) is 6.61 Å². The van der Waals surface area contributed by atoms with Crippen LogP contribution < -0.4 is 5.32 Å². The van der Waals surface area contributed by atoms with E-state index in [1.54, 1.807) is 0 Å². The minimum Gasteiger partial charge on any atom is -0.381 e. The first kappa shape index (κ1) is 14.5. The van der Waals surface area contributed by atoms with Gasteiger partial charge in [0.15, 0.2) is 0 Å². The normalized spacial score (nSPS) is 24.0. The van der Waals surface area contributed by atoms with E-state index in [1.807, 2.05) is 17.9 Å². The number of nitrogens with zero attached hydrogens (tertiary/aromatic N) is 2. The Bertz CT molecular complexity index is 400. The topological polar surface area (TPSA) is 39.1 Å². The zero-order chi connectivity index (χ0) is 13.9. The summed E-state index contributed by atoms with van der Waals surface area (Å²) in [5.41, 5.74) is 1.77. The third kappa shape index (κ3) is 4.05. The first-order chi connectivity index (χ1) is 8.90. The summed E-state index contributed by atoms with van der Waals surface area (Å²) in [5.74, 6) is 0. The molecule has 1 aliphatic rings. The van der Waals surface area contributed by atoms with Gasteiger partial charge >= 0.3 is 0 Å². The Kier molecular flexibility index (Phi) is 4.31. The van der Waals surface area contributed by atoms with Crippen molar-refractivity contribution in [2.75, 3.05) is 19.8 Å². The molecule has 108 valence electrons. The number of hydrogen-bond acceptors (Lipinski definition) is 3. The lowest BCUT2D eigenvalue weighted by atomic mass is 9.81. The molecule has 0 spiro atoms. The second-order valence-electron chi connectivity index (χ2n) is 6.85. The molecule has 4 nitrogen and oxygen atoms in total. The van der Waals surface area contributed by atoms with Crippen LogP contribution in [0.5, 0.6) is 0 Å². The molecule has 0 aliphatic carbocycles. The van der Waals surface area contributed by atoms with Gasteiger partial charge in [-0.25, -0.2) is 0 Å². The molecule has 1 unspecified atom stereocenters. The molecular weight excluding hydrogens is 238 g/mol. The highest BCUT2D eigenvalue weighted by Gasteiger charge is 2.35. The summed E-state index contributed by atoms with van der Waals surface area (Å²) in [6.07, 6.45) is 5.27. The molecule has 1 N–H and O–H groups in total. The highest BCUT2D eigenvalue weighted by Crippen LogP contribution is 2.33. The van der Waals surface area contributed by atoms with E-state index >= 15 is 0 Å². The lowest BCUT2D eigenvalue weighted by Crippen LogP contribution is -2.44. The molecule has 1 saturated heterocycles. The van der Waals surface area contributed by atoms with E-state index in [4.69, 9.17) is 4.74 Å². The molecule has 0 radical (unpaired) electrons. The van der Waals surface area contributed by atoms with Crippen molar-refractivity contribution in [2.45, 2.75) is 45.6 Å². The molecule has 1 fully saturated rings. The molecule has 1 aromatic rings. The Morgan fingerprint density at radius 2 is 2.26 bits per heavy atom. The third-order valence-corrected chi connectivity index (χ3v) is 4.01. The van der Waals surface area contributed by atoms with Gasteiger partial charge in [0.25, 0.3) is 0 Å². The number of aromatic nitrogens is 2. The van der Waals surface area contributed by atoms with Crippen molar-refractivity contribution in [3.63, 3.8) is 0 Å². The van der Waals surface area contributed by atoms with Crippen LogP contribution in [0, 0.1) is 5.41 Å². The first-order valence-corrected chi connectivity index (χ1v) is 7.20. The summed E-state index contributed by atoms with van der Waals surface area (Å²) in [5, 5.41) is 7.89. The van der Waals surface area contributed by atoms with Crippen LogP contribution in [-0.2, 0) is 18.2 Å². The maximum absolute atomic E-state index is 5.66. The van der Waals surface area contributed by atoms with Gasteiger partial charge in [-0.15, -0.1) is 0 Å². The van der Waals surface area contributed by atoms with E-state index in [0.717, 1.165) is 39.0 Å². The molecule has 0 aromatic carbocycles. The highest BCUT2D eigenvalue weighted by molar-refractivity contribution is 5.02. The highest BCUT2D eigenvalue weighted by atomic mass is 16.5. The molecule has 0 bridgehead atoms. The second-order valence-corrected chi connectivity index (χ2v) is 6.85. The minimum absolute atomic E-state index is 0.169. The molecule has 2 heterocycles. The average molecular weight is 265 g/mol. The molecule has 2 rings (SSSR count). The van der Waals surface area contributed by atoms with Crippen molar-refractivity contribution in [3.8, 4) is 0 Å². The Morgan fingerprint density at radius 1 is 1.47 bits per heavy atom. The summed E-state index contributed by atoms with van der Waals surface area (Å²) in [6, 6.07) is 2.11. The number of nitrogens with one attached hydrogen (secondary N) is 1. The van der Waals surface area contributed by atoms with Crippen molar-refractivity contribution in [3.05, 3.63) is 18.0 Å². The maximum atomic E-state index is 5.66. The Labute approximate surface area is 116 Å². The van der Waals surface area contributed by atoms with E-state index in [9.17, 15) is 0 Å². The Hall–Kier alpha value is -0.870. The van der Waals surface area contributed by atoms with Crippen LogP contribution in [0.25, 0.3) is 0 Å². The maximum Gasteiger partial charge on any atom is 0.0535 e. The van der Waals surface area contributed by atoms with Gasteiger partial charge < -0.3 is 10.1 Å². The minimum atomic E-state index is 0.169. The van der Waals surface area contributed by atoms with Gasteiger partial charge in [0, 0.05) is 43.0 Å². The fraction of sp³-hybridized carbons (Fsp3) is 0.800. The Balaban J connectivity index is 1.94. The van der Waals surface area contributed by atoms with Crippen LogP contribution in [-0.4, -0.2) is 35.1 Å². The fourth-order valence-electron chi connectivity index (χ4n) is 2.57. The van der Waals surface area contributed by atoms with Crippen molar-refractivity contribution in [1.82, 2.24) is 15.1 Å². The van der Waals surface area contributed by atoms with Gasteiger partial charge in [-0.05, 0) is 46.1 Å². The van der Waals surface area contributed by atoms with E-state index in [2.05, 4.69) is 37.3 Å².